The van der Waals surface area contributed by atoms with E-state index < -0.39 is 30.4 Å². The van der Waals surface area contributed by atoms with Crippen molar-refractivity contribution in [3.05, 3.63) is 16.8 Å². The molecule has 0 unspecified atom stereocenters. The van der Waals surface area contributed by atoms with Crippen LogP contribution in [0.15, 0.2) is 11.1 Å². The van der Waals surface area contributed by atoms with Gasteiger partial charge < -0.3 is 20.7 Å². The average molecular weight is 229 g/mol. The largest absolute Gasteiger partial charge is 0.394 e. The van der Waals surface area contributed by atoms with Crippen LogP contribution in [-0.4, -0.2) is 43.6 Å². The van der Waals surface area contributed by atoms with Crippen LogP contribution in [-0.2, 0) is 4.74 Å². The van der Waals surface area contributed by atoms with Gasteiger partial charge in [-0.25, -0.2) is 9.78 Å². The summed E-state index contributed by atoms with van der Waals surface area (Å²) in [5.41, 5.74) is 4.46. The first-order valence-electron chi connectivity index (χ1n) is 5.20. The molecule has 0 aliphatic carbocycles. The van der Waals surface area contributed by atoms with Crippen LogP contribution in [0.3, 0.4) is 0 Å². The SMILES string of the molecule is [2H]c1nc(N)nc(=O)n1[C@H]1C[C@H](O)[C@@H](CO)O1. The molecule has 8 nitrogen and oxygen atoms in total. The molecule has 0 spiro atoms. The summed E-state index contributed by atoms with van der Waals surface area (Å²) in [5, 5.41) is 18.4. The Hall–Kier alpha value is -1.51. The molecular weight excluding hydrogens is 216 g/mol. The van der Waals surface area contributed by atoms with E-state index in [2.05, 4.69) is 9.97 Å². The fraction of sp³-hybridized carbons (Fsp3) is 0.625. The molecule has 0 saturated carbocycles. The standard InChI is InChI=1S/C8H12N4O4/c9-7-10-3-12(8(15)11-7)6-1-4(14)5(2-13)16-6/h3-6,13-14H,1-2H2,(H2,9,11,15)/t4-,5+,6+/m0/s1/i3D. The Bertz CT molecular complexity index is 479. The minimum Gasteiger partial charge on any atom is -0.394 e. The van der Waals surface area contributed by atoms with E-state index in [0.717, 1.165) is 4.57 Å². The second-order valence-corrected chi connectivity index (χ2v) is 3.45. The zero-order valence-corrected chi connectivity index (χ0v) is 8.28. The number of hydrogen-bond donors (Lipinski definition) is 3. The molecule has 0 radical (unpaired) electrons. The maximum Gasteiger partial charge on any atom is 0.354 e. The first-order valence-corrected chi connectivity index (χ1v) is 4.70. The van der Waals surface area contributed by atoms with Crippen molar-refractivity contribution in [2.24, 2.45) is 0 Å². The van der Waals surface area contributed by atoms with Gasteiger partial charge in [-0.2, -0.15) is 4.98 Å². The maximum absolute atomic E-state index is 11.5. The summed E-state index contributed by atoms with van der Waals surface area (Å²) in [6.45, 7) is -0.365. The van der Waals surface area contributed by atoms with Gasteiger partial charge in [-0.05, 0) is 0 Å². The molecule has 0 bridgehead atoms. The summed E-state index contributed by atoms with van der Waals surface area (Å²) >= 11 is 0. The molecule has 1 aromatic heterocycles. The van der Waals surface area contributed by atoms with Crippen LogP contribution in [0.5, 0.6) is 0 Å². The van der Waals surface area contributed by atoms with E-state index in [1.807, 2.05) is 0 Å². The Morgan fingerprint density at radius 3 is 3.12 bits per heavy atom. The number of aromatic nitrogens is 3. The predicted molar refractivity (Wildman–Crippen MR) is 52.3 cm³/mol. The lowest BCUT2D eigenvalue weighted by Gasteiger charge is -2.13. The molecule has 1 aliphatic heterocycles. The van der Waals surface area contributed by atoms with Gasteiger partial charge in [0.05, 0.1) is 12.7 Å². The molecule has 0 aromatic carbocycles. The molecule has 0 amide bonds. The number of nitrogens with zero attached hydrogens (tertiary/aromatic N) is 3. The summed E-state index contributed by atoms with van der Waals surface area (Å²) in [5.74, 6) is -0.284. The number of nitrogen functional groups attached to an aromatic ring is 1. The van der Waals surface area contributed by atoms with Crippen LogP contribution in [0, 0.1) is 0 Å². The van der Waals surface area contributed by atoms with Crippen LogP contribution in [0.4, 0.5) is 5.95 Å². The minimum absolute atomic E-state index is 0.0876. The van der Waals surface area contributed by atoms with Gasteiger partial charge in [-0.1, -0.05) is 0 Å². The highest BCUT2D eigenvalue weighted by atomic mass is 16.5. The lowest BCUT2D eigenvalue weighted by atomic mass is 10.2. The van der Waals surface area contributed by atoms with E-state index in [-0.39, 0.29) is 19.0 Å². The molecule has 8 heteroatoms. The Morgan fingerprint density at radius 2 is 2.56 bits per heavy atom. The van der Waals surface area contributed by atoms with Gasteiger partial charge in [0, 0.05) is 6.42 Å². The fourth-order valence-corrected chi connectivity index (χ4v) is 1.55. The van der Waals surface area contributed by atoms with Gasteiger partial charge in [0.2, 0.25) is 5.95 Å². The van der Waals surface area contributed by atoms with E-state index in [4.69, 9.17) is 16.9 Å². The molecule has 1 aliphatic rings. The van der Waals surface area contributed by atoms with E-state index in [1.165, 1.54) is 0 Å². The van der Waals surface area contributed by atoms with Gasteiger partial charge in [0.25, 0.3) is 0 Å². The number of ether oxygens (including phenoxy) is 1. The molecule has 1 aromatic rings. The summed E-state index contributed by atoms with van der Waals surface area (Å²) in [6.07, 6.45) is -2.83. The number of rotatable bonds is 2. The van der Waals surface area contributed by atoms with Crippen LogP contribution < -0.4 is 11.4 Å². The number of anilines is 1. The van der Waals surface area contributed by atoms with Crippen molar-refractivity contribution in [1.82, 2.24) is 14.5 Å². The monoisotopic (exact) mass is 229 g/mol. The Kier molecular flexibility index (Phi) is 2.52. The van der Waals surface area contributed by atoms with Crippen molar-refractivity contribution >= 4 is 5.95 Å². The first kappa shape index (κ1) is 9.70. The molecular formula is C8H12N4O4. The number of aliphatic hydroxyl groups excluding tert-OH is 2. The third kappa shape index (κ3) is 1.90. The van der Waals surface area contributed by atoms with Crippen molar-refractivity contribution < 1.29 is 16.3 Å². The lowest BCUT2D eigenvalue weighted by molar-refractivity contribution is -0.0462. The smallest absolute Gasteiger partial charge is 0.354 e. The van der Waals surface area contributed by atoms with Crippen molar-refractivity contribution in [1.29, 1.82) is 0 Å². The number of nitrogens with two attached hydrogens (primary N) is 1. The quantitative estimate of drug-likeness (QED) is 0.528. The number of hydrogen-bond acceptors (Lipinski definition) is 7. The van der Waals surface area contributed by atoms with E-state index >= 15 is 0 Å². The van der Waals surface area contributed by atoms with Gasteiger partial charge in [0.15, 0.2) is 0 Å². The van der Waals surface area contributed by atoms with Gasteiger partial charge in [-0.3, -0.25) is 4.57 Å². The van der Waals surface area contributed by atoms with Gasteiger partial charge >= 0.3 is 5.69 Å². The first-order chi connectivity index (χ1) is 8.02. The van der Waals surface area contributed by atoms with E-state index in [0.29, 0.717) is 0 Å². The third-order valence-electron chi connectivity index (χ3n) is 2.36. The molecule has 1 saturated heterocycles. The Labute approximate surface area is 91.7 Å². The Balaban J connectivity index is 2.34. The zero-order valence-electron chi connectivity index (χ0n) is 9.28. The van der Waals surface area contributed by atoms with E-state index in [9.17, 15) is 9.90 Å². The highest BCUT2D eigenvalue weighted by Gasteiger charge is 2.35. The topological polar surface area (TPSA) is 123 Å². The van der Waals surface area contributed by atoms with Crippen LogP contribution in [0.25, 0.3) is 0 Å². The highest BCUT2D eigenvalue weighted by Crippen LogP contribution is 2.26. The molecule has 1 fully saturated rings. The second kappa shape index (κ2) is 4.16. The van der Waals surface area contributed by atoms with Crippen LogP contribution in [0.1, 0.15) is 14.0 Å². The van der Waals surface area contributed by atoms with Crippen molar-refractivity contribution in [2.45, 2.75) is 24.9 Å². The van der Waals surface area contributed by atoms with Gasteiger partial charge in [0.1, 0.15) is 20.0 Å². The van der Waals surface area contributed by atoms with Crippen molar-refractivity contribution in [3.63, 3.8) is 0 Å². The second-order valence-electron chi connectivity index (χ2n) is 3.45. The molecule has 3 atom stereocenters. The van der Waals surface area contributed by atoms with Gasteiger partial charge in [-0.15, -0.1) is 0 Å². The Morgan fingerprint density at radius 1 is 1.81 bits per heavy atom. The van der Waals surface area contributed by atoms with Crippen LogP contribution in [0.2, 0.25) is 0 Å². The summed E-state index contributed by atoms with van der Waals surface area (Å²) in [6, 6.07) is 0. The average Bonchev–Trinajstić information content (AvgIpc) is 2.57. The summed E-state index contributed by atoms with van der Waals surface area (Å²) in [7, 11) is 0. The predicted octanol–water partition coefficient (Wildman–Crippen LogP) is -2.14. The fourth-order valence-electron chi connectivity index (χ4n) is 1.55. The van der Waals surface area contributed by atoms with E-state index in [1.54, 1.807) is 0 Å². The minimum atomic E-state index is -0.895. The molecule has 2 rings (SSSR count). The molecule has 88 valence electrons. The summed E-state index contributed by atoms with van der Waals surface area (Å²) < 4.78 is 13.6. The highest BCUT2D eigenvalue weighted by molar-refractivity contribution is 5.09. The van der Waals surface area contributed by atoms with Crippen molar-refractivity contribution in [3.8, 4) is 0 Å². The third-order valence-corrected chi connectivity index (χ3v) is 2.36. The number of aliphatic hydroxyl groups is 2. The summed E-state index contributed by atoms with van der Waals surface area (Å²) in [4.78, 5) is 18.4. The molecule has 2 heterocycles. The van der Waals surface area contributed by atoms with Crippen molar-refractivity contribution in [2.75, 3.05) is 12.3 Å². The lowest BCUT2D eigenvalue weighted by Crippen LogP contribution is -2.28. The van der Waals surface area contributed by atoms with Crippen LogP contribution >= 0.6 is 0 Å². The molecule has 4 N–H and O–H groups in total. The molecule has 16 heavy (non-hydrogen) atoms. The maximum atomic E-state index is 11.5. The zero-order chi connectivity index (χ0) is 12.6. The normalized spacial score (nSPS) is 30.4.